The lowest BCUT2D eigenvalue weighted by Gasteiger charge is -2.15. The normalized spacial score (nSPS) is 11.7. The van der Waals surface area contributed by atoms with Gasteiger partial charge in [0.1, 0.15) is 12.4 Å². The van der Waals surface area contributed by atoms with Crippen LogP contribution in [-0.4, -0.2) is 30.3 Å². The Morgan fingerprint density at radius 2 is 2.16 bits per heavy atom. The highest BCUT2D eigenvalue weighted by atomic mass is 16.5. The number of rotatable bonds is 8. The molecule has 4 heteroatoms. The first-order chi connectivity index (χ1) is 9.21. The van der Waals surface area contributed by atoms with Crippen LogP contribution in [0.3, 0.4) is 0 Å². The van der Waals surface area contributed by atoms with Gasteiger partial charge in [-0.25, -0.2) is 0 Å². The van der Waals surface area contributed by atoms with Gasteiger partial charge in [0.05, 0.1) is 0 Å². The number of amides is 1. The van der Waals surface area contributed by atoms with E-state index < -0.39 is 0 Å². The molecule has 0 bridgehead atoms. The summed E-state index contributed by atoms with van der Waals surface area (Å²) in [5, 5.41) is 11.8. The summed E-state index contributed by atoms with van der Waals surface area (Å²) in [7, 11) is 0. The highest BCUT2D eigenvalue weighted by Crippen LogP contribution is 2.12. The Morgan fingerprint density at radius 1 is 1.47 bits per heavy atom. The Labute approximate surface area is 114 Å². The van der Waals surface area contributed by atoms with E-state index in [9.17, 15) is 4.79 Å². The number of aliphatic hydroxyl groups is 1. The number of ether oxygens (including phenoxy) is 1. The minimum absolute atomic E-state index is 0.00851. The maximum absolute atomic E-state index is 12.0. The van der Waals surface area contributed by atoms with Crippen LogP contribution in [0.25, 0.3) is 0 Å². The number of carbonyl (C=O) groups excluding carboxylic acids is 1. The standard InChI is InChI=1S/C15H21NO3/c1-3-11-19-14-7-5-12(6-8-14)15(18)16-13(4-2)9-10-17/h3,5-8,13,17H,1,4,9-11H2,2H3,(H,16,18). The number of nitrogens with one attached hydrogen (secondary N) is 1. The van der Waals surface area contributed by atoms with E-state index in [0.29, 0.717) is 24.3 Å². The summed E-state index contributed by atoms with van der Waals surface area (Å²) < 4.78 is 5.35. The SMILES string of the molecule is C=CCOc1ccc(C(=O)NC(CC)CCO)cc1. The third-order valence-corrected chi connectivity index (χ3v) is 2.79. The molecular weight excluding hydrogens is 242 g/mol. The summed E-state index contributed by atoms with van der Waals surface area (Å²) in [5.41, 5.74) is 0.586. The fourth-order valence-electron chi connectivity index (χ4n) is 1.66. The molecule has 1 aromatic carbocycles. The Bertz CT molecular complexity index is 400. The third-order valence-electron chi connectivity index (χ3n) is 2.79. The quantitative estimate of drug-likeness (QED) is 0.706. The number of hydrogen-bond acceptors (Lipinski definition) is 3. The van der Waals surface area contributed by atoms with E-state index in [1.54, 1.807) is 30.3 Å². The fraction of sp³-hybridized carbons (Fsp3) is 0.400. The highest BCUT2D eigenvalue weighted by molar-refractivity contribution is 5.94. The van der Waals surface area contributed by atoms with Crippen molar-refractivity contribution in [1.29, 1.82) is 0 Å². The first-order valence-electron chi connectivity index (χ1n) is 6.46. The van der Waals surface area contributed by atoms with Crippen LogP contribution in [0.2, 0.25) is 0 Å². The molecule has 1 rings (SSSR count). The molecule has 0 aliphatic heterocycles. The van der Waals surface area contributed by atoms with E-state index in [4.69, 9.17) is 9.84 Å². The number of aliphatic hydroxyl groups excluding tert-OH is 1. The van der Waals surface area contributed by atoms with Gasteiger partial charge in [0, 0.05) is 18.2 Å². The van der Waals surface area contributed by atoms with Gasteiger partial charge in [-0.1, -0.05) is 19.6 Å². The largest absolute Gasteiger partial charge is 0.490 e. The van der Waals surface area contributed by atoms with Crippen LogP contribution in [-0.2, 0) is 0 Å². The first-order valence-corrected chi connectivity index (χ1v) is 6.46. The second kappa shape index (κ2) is 8.32. The molecule has 104 valence electrons. The van der Waals surface area contributed by atoms with Crippen LogP contribution in [0.15, 0.2) is 36.9 Å². The van der Waals surface area contributed by atoms with Gasteiger partial charge in [0.25, 0.3) is 5.91 Å². The molecule has 0 aromatic heterocycles. The van der Waals surface area contributed by atoms with Crippen LogP contribution in [0.5, 0.6) is 5.75 Å². The van der Waals surface area contributed by atoms with Crippen molar-refractivity contribution in [3.63, 3.8) is 0 Å². The molecule has 2 N–H and O–H groups in total. The molecule has 0 saturated carbocycles. The Hall–Kier alpha value is -1.81. The summed E-state index contributed by atoms with van der Waals surface area (Å²) in [5.74, 6) is 0.578. The fourth-order valence-corrected chi connectivity index (χ4v) is 1.66. The van der Waals surface area contributed by atoms with Gasteiger partial charge in [-0.05, 0) is 37.1 Å². The first kappa shape index (κ1) is 15.2. The maximum atomic E-state index is 12.0. The van der Waals surface area contributed by atoms with Crippen LogP contribution >= 0.6 is 0 Å². The van der Waals surface area contributed by atoms with Gasteiger partial charge in [-0.15, -0.1) is 0 Å². The molecule has 4 nitrogen and oxygen atoms in total. The minimum Gasteiger partial charge on any atom is -0.490 e. The summed E-state index contributed by atoms with van der Waals surface area (Å²) >= 11 is 0. The van der Waals surface area contributed by atoms with Crippen molar-refractivity contribution in [2.24, 2.45) is 0 Å². The molecule has 1 amide bonds. The molecule has 1 aromatic rings. The molecule has 1 atom stereocenters. The second-order valence-electron chi connectivity index (χ2n) is 4.21. The van der Waals surface area contributed by atoms with Crippen molar-refractivity contribution in [2.45, 2.75) is 25.8 Å². The molecule has 0 aliphatic rings. The zero-order chi connectivity index (χ0) is 14.1. The van der Waals surface area contributed by atoms with Crippen molar-refractivity contribution in [3.8, 4) is 5.75 Å². The summed E-state index contributed by atoms with van der Waals surface area (Å²) in [6.07, 6.45) is 3.04. The van der Waals surface area contributed by atoms with E-state index in [2.05, 4.69) is 11.9 Å². The number of benzene rings is 1. The van der Waals surface area contributed by atoms with Gasteiger partial charge in [0.2, 0.25) is 0 Å². The lowest BCUT2D eigenvalue weighted by Crippen LogP contribution is -2.35. The van der Waals surface area contributed by atoms with E-state index >= 15 is 0 Å². The molecule has 0 radical (unpaired) electrons. The third kappa shape index (κ3) is 5.14. The lowest BCUT2D eigenvalue weighted by atomic mass is 10.1. The molecule has 0 fully saturated rings. The van der Waals surface area contributed by atoms with Crippen molar-refractivity contribution < 1.29 is 14.6 Å². The molecule has 0 aliphatic carbocycles. The van der Waals surface area contributed by atoms with Crippen LogP contribution in [0.4, 0.5) is 0 Å². The van der Waals surface area contributed by atoms with Gasteiger partial charge in [-0.3, -0.25) is 4.79 Å². The van der Waals surface area contributed by atoms with Crippen molar-refractivity contribution in [2.75, 3.05) is 13.2 Å². The lowest BCUT2D eigenvalue weighted by molar-refractivity contribution is 0.0929. The predicted molar refractivity (Wildman–Crippen MR) is 75.4 cm³/mol. The predicted octanol–water partition coefficient (Wildman–Crippen LogP) is 2.14. The zero-order valence-electron chi connectivity index (χ0n) is 11.3. The summed E-state index contributed by atoms with van der Waals surface area (Å²) in [6, 6.07) is 6.96. The van der Waals surface area contributed by atoms with Crippen molar-refractivity contribution in [1.82, 2.24) is 5.32 Å². The van der Waals surface area contributed by atoms with Gasteiger partial charge in [0.15, 0.2) is 0 Å². The molecule has 0 saturated heterocycles. The molecule has 19 heavy (non-hydrogen) atoms. The van der Waals surface area contributed by atoms with E-state index in [1.165, 1.54) is 0 Å². The maximum Gasteiger partial charge on any atom is 0.251 e. The Morgan fingerprint density at radius 3 is 2.68 bits per heavy atom. The summed E-state index contributed by atoms with van der Waals surface area (Å²) in [4.78, 5) is 12.0. The average molecular weight is 263 g/mol. The van der Waals surface area contributed by atoms with Gasteiger partial charge in [-0.2, -0.15) is 0 Å². The smallest absolute Gasteiger partial charge is 0.251 e. The second-order valence-corrected chi connectivity index (χ2v) is 4.21. The molecule has 1 unspecified atom stereocenters. The average Bonchev–Trinajstić information content (AvgIpc) is 2.45. The topological polar surface area (TPSA) is 58.6 Å². The highest BCUT2D eigenvalue weighted by Gasteiger charge is 2.11. The summed E-state index contributed by atoms with van der Waals surface area (Å²) in [6.45, 7) is 6.07. The van der Waals surface area contributed by atoms with Crippen LogP contribution in [0.1, 0.15) is 30.1 Å². The molecule has 0 spiro atoms. The molecular formula is C15H21NO3. The van der Waals surface area contributed by atoms with Crippen molar-refractivity contribution >= 4 is 5.91 Å². The van der Waals surface area contributed by atoms with Crippen LogP contribution < -0.4 is 10.1 Å². The number of hydrogen-bond donors (Lipinski definition) is 2. The number of carbonyl (C=O) groups is 1. The van der Waals surface area contributed by atoms with E-state index in [1.807, 2.05) is 6.92 Å². The van der Waals surface area contributed by atoms with E-state index in [-0.39, 0.29) is 18.6 Å². The molecule has 0 heterocycles. The zero-order valence-corrected chi connectivity index (χ0v) is 11.3. The van der Waals surface area contributed by atoms with Gasteiger partial charge < -0.3 is 15.2 Å². The van der Waals surface area contributed by atoms with E-state index in [0.717, 1.165) is 6.42 Å². The van der Waals surface area contributed by atoms with Gasteiger partial charge >= 0.3 is 0 Å². The Kier molecular flexibility index (Phi) is 6.68. The minimum atomic E-state index is -0.129. The Balaban J connectivity index is 2.59. The van der Waals surface area contributed by atoms with Crippen LogP contribution in [0, 0.1) is 0 Å². The van der Waals surface area contributed by atoms with Crippen molar-refractivity contribution in [3.05, 3.63) is 42.5 Å². The monoisotopic (exact) mass is 263 g/mol.